The second-order valence-electron chi connectivity index (χ2n) is 23.3. The third kappa shape index (κ3) is 13.9. The molecule has 3 saturated heterocycles. The summed E-state index contributed by atoms with van der Waals surface area (Å²) in [5, 5.41) is 62.8. The van der Waals surface area contributed by atoms with E-state index in [-0.39, 0.29) is 43.0 Å². The smallest absolute Gasteiger partial charge is 0.311 e. The molecule has 3 fully saturated rings. The molecule has 4 aliphatic rings. The van der Waals surface area contributed by atoms with Crippen LogP contribution in [-0.2, 0) is 38.0 Å². The molecule has 0 bridgehead atoms. The van der Waals surface area contributed by atoms with Crippen LogP contribution >= 0.6 is 23.1 Å². The molecule has 3 aromatic rings. The summed E-state index contributed by atoms with van der Waals surface area (Å²) in [6, 6.07) is 14.0. The second-order valence-corrected chi connectivity index (χ2v) is 25.5. The number of benzene rings is 2. The molecular formula is C59H86FN3O13S2. The highest BCUT2D eigenvalue weighted by atomic mass is 32.2. The molecule has 1 amide bonds. The number of cyclic esters (lactones) is 1. The number of carbonyl (C=O) groups is 2. The molecular weight excluding hydrogens is 1040 g/mol. The minimum atomic E-state index is -1.85. The summed E-state index contributed by atoms with van der Waals surface area (Å²) < 4.78 is 52.9. The number of nitrogens with zero attached hydrogens (tertiary/aromatic N) is 2. The fourth-order valence-electron chi connectivity index (χ4n) is 12.1. The molecule has 7 rings (SSSR count). The number of halogens is 1. The summed E-state index contributed by atoms with van der Waals surface area (Å²) >= 11 is 3.13. The second kappa shape index (κ2) is 25.8. The number of aliphatic hydroxyl groups excluding tert-OH is 3. The van der Waals surface area contributed by atoms with Crippen LogP contribution in [0.2, 0.25) is 0 Å². The molecule has 5 heterocycles. The van der Waals surface area contributed by atoms with Gasteiger partial charge in [-0.05, 0) is 143 Å². The van der Waals surface area contributed by atoms with Gasteiger partial charge >= 0.3 is 5.97 Å². The third-order valence-corrected chi connectivity index (χ3v) is 19.1. The van der Waals surface area contributed by atoms with Crippen LogP contribution in [0, 0.1) is 23.6 Å². The number of esters is 1. The number of hydrogen-bond acceptors (Lipinski definition) is 17. The normalized spacial score (nSPS) is 37.4. The van der Waals surface area contributed by atoms with E-state index >= 15 is 0 Å². The van der Waals surface area contributed by atoms with Crippen molar-refractivity contribution in [2.45, 2.75) is 201 Å². The highest BCUT2D eigenvalue weighted by Crippen LogP contribution is 2.51. The van der Waals surface area contributed by atoms with Crippen molar-refractivity contribution in [3.63, 3.8) is 0 Å². The van der Waals surface area contributed by atoms with Gasteiger partial charge in [-0.15, -0.1) is 11.3 Å². The topological polar surface area (TPSA) is 209 Å². The Morgan fingerprint density at radius 3 is 2.36 bits per heavy atom. The lowest BCUT2D eigenvalue weighted by molar-refractivity contribution is -0.318. The van der Waals surface area contributed by atoms with E-state index in [2.05, 4.69) is 17.4 Å². The van der Waals surface area contributed by atoms with E-state index in [4.69, 9.17) is 28.4 Å². The number of nitrogens with one attached hydrogen (secondary N) is 1. The quantitative estimate of drug-likeness (QED) is 0.0435. The Kier molecular flexibility index (Phi) is 20.6. The fraction of sp³-hybridized carbons (Fsp3) is 0.661. The van der Waals surface area contributed by atoms with Gasteiger partial charge in [-0.3, -0.25) is 9.59 Å². The highest BCUT2D eigenvalue weighted by molar-refractivity contribution is 7.99. The number of fused-ring (bicyclic) bond motifs is 5. The van der Waals surface area contributed by atoms with Gasteiger partial charge in [0, 0.05) is 81.4 Å². The van der Waals surface area contributed by atoms with Crippen molar-refractivity contribution in [3.8, 4) is 21.6 Å². The third-order valence-electron chi connectivity index (χ3n) is 16.8. The minimum Gasteiger partial charge on any atom is -0.459 e. The zero-order chi connectivity index (χ0) is 57.2. The molecule has 16 nitrogen and oxygen atoms in total. The molecule has 0 saturated carbocycles. The molecule has 0 radical (unpaired) electrons. The van der Waals surface area contributed by atoms with Gasteiger partial charge in [-0.2, -0.15) is 0 Å². The van der Waals surface area contributed by atoms with Crippen molar-refractivity contribution in [1.82, 2.24) is 15.1 Å². The maximum atomic E-state index is 14.5. The molecule has 434 valence electrons. The van der Waals surface area contributed by atoms with E-state index in [9.17, 15) is 39.5 Å². The van der Waals surface area contributed by atoms with E-state index < -0.39 is 102 Å². The first-order chi connectivity index (χ1) is 36.7. The fourth-order valence-corrected chi connectivity index (χ4v) is 14.4. The van der Waals surface area contributed by atoms with Crippen molar-refractivity contribution in [1.29, 1.82) is 0 Å². The van der Waals surface area contributed by atoms with E-state index in [1.165, 1.54) is 37.5 Å². The van der Waals surface area contributed by atoms with Gasteiger partial charge in [0.1, 0.15) is 35.8 Å². The van der Waals surface area contributed by atoms with E-state index in [0.29, 0.717) is 32.5 Å². The molecule has 2 aromatic carbocycles. The number of amides is 1. The van der Waals surface area contributed by atoms with Crippen LogP contribution in [0.1, 0.15) is 106 Å². The van der Waals surface area contributed by atoms with Gasteiger partial charge in [0.05, 0.1) is 41.5 Å². The van der Waals surface area contributed by atoms with Crippen LogP contribution in [0.4, 0.5) is 4.39 Å². The Bertz CT molecular complexity index is 2550. The Labute approximate surface area is 468 Å². The first-order valence-corrected chi connectivity index (χ1v) is 29.3. The molecule has 18 atom stereocenters. The average molecular weight is 1130 g/mol. The number of thiophene rings is 1. The average Bonchev–Trinajstić information content (AvgIpc) is 3.78. The lowest BCUT2D eigenvalue weighted by Crippen LogP contribution is -2.61. The summed E-state index contributed by atoms with van der Waals surface area (Å²) in [6.07, 6.45) is -5.48. The van der Waals surface area contributed by atoms with Crippen LogP contribution in [0.25, 0.3) is 27.6 Å². The van der Waals surface area contributed by atoms with Gasteiger partial charge < -0.3 is 69.1 Å². The van der Waals surface area contributed by atoms with Crippen molar-refractivity contribution >= 4 is 41.1 Å². The summed E-state index contributed by atoms with van der Waals surface area (Å²) in [4.78, 5) is 35.5. The predicted molar refractivity (Wildman–Crippen MR) is 299 cm³/mol. The molecule has 78 heavy (non-hydrogen) atoms. The number of hydrogen-bond donors (Lipinski definition) is 6. The maximum Gasteiger partial charge on any atom is 0.311 e. The van der Waals surface area contributed by atoms with Crippen molar-refractivity contribution in [2.75, 3.05) is 40.8 Å². The summed E-state index contributed by atoms with van der Waals surface area (Å²) in [7, 11) is 5.23. The molecule has 6 N–H and O–H groups in total. The van der Waals surface area contributed by atoms with Crippen LogP contribution < -0.4 is 5.32 Å². The minimum absolute atomic E-state index is 0.0872. The van der Waals surface area contributed by atoms with E-state index in [0.717, 1.165) is 36.2 Å². The number of likely N-dealkylation sites (N-methyl/N-ethyl adjacent to an activating group) is 2. The van der Waals surface area contributed by atoms with Gasteiger partial charge in [0.15, 0.2) is 12.6 Å². The Hall–Kier alpha value is -3.38. The SMILES string of the molecule is CC[C@H]1OC(=O)[C@H](C)[C@@H](O[C@@H]2C[C@@](C)(OC)[C@@H](O)[C@@H](C)O2)[C@H](C)[C@@H](O[C@H]2O[C@H](C)C[C@H](N(C)CCCNC(=O)/C=C/c3cc4c(s3)-c3cc(F)ccc3Sc3ccccc3-4)[C@H]2O)[C@](C)(O)C[C@@H](C)CN(C)[C@H](C)[C@@H](O)[C@]1(C)O. The maximum absolute atomic E-state index is 14.5. The number of rotatable bonds is 13. The summed E-state index contributed by atoms with van der Waals surface area (Å²) in [5.74, 6) is -3.42. The summed E-state index contributed by atoms with van der Waals surface area (Å²) in [6.45, 7) is 18.7. The molecule has 4 aliphatic heterocycles. The van der Waals surface area contributed by atoms with Gasteiger partial charge in [0.25, 0.3) is 0 Å². The highest BCUT2D eigenvalue weighted by Gasteiger charge is 2.53. The number of carbonyl (C=O) groups excluding carboxylic acids is 2. The largest absolute Gasteiger partial charge is 0.459 e. The van der Waals surface area contributed by atoms with Crippen LogP contribution in [0.5, 0.6) is 0 Å². The van der Waals surface area contributed by atoms with Gasteiger partial charge in [-0.25, -0.2) is 4.39 Å². The van der Waals surface area contributed by atoms with Crippen LogP contribution in [0.3, 0.4) is 0 Å². The van der Waals surface area contributed by atoms with Crippen molar-refractivity contribution < 1.29 is 67.9 Å². The van der Waals surface area contributed by atoms with Gasteiger partial charge in [-0.1, -0.05) is 50.7 Å². The van der Waals surface area contributed by atoms with E-state index in [1.807, 2.05) is 62.0 Å². The molecule has 0 spiro atoms. The predicted octanol–water partition coefficient (Wildman–Crippen LogP) is 7.49. The molecule has 0 unspecified atom stereocenters. The standard InChI is InChI=1S/C59H86FN3O13S2/c1-14-46-59(10,70)52(66)36(6)63(12)31-32(2)29-57(8,69)54(34(4)50(35(5)55(68)74-46)75-48-30-58(9,71-13)53(67)37(7)73-48)76-56-49(65)43(26-33(3)72-56)62(11)25-17-24-61-47(64)23-21-39-28-41-40-18-15-16-19-44(40)78-45-22-20-38(60)27-42(45)51(41)77-39/h15-16,18-23,27-28,32-37,43,46,48-50,52-54,56,65-67,69-70H,14,17,24-26,29-31H2,1-13H3,(H,61,64)/b23-21+/t32-,33-,34+,35-,36-,37-,43+,46-,48-,49-,50+,52-,53+,54-,56-,57-,58-,59-/m1/s1. The monoisotopic (exact) mass is 1130 g/mol. The number of aliphatic hydroxyl groups is 5. The van der Waals surface area contributed by atoms with E-state index in [1.54, 1.807) is 72.4 Å². The lowest BCUT2D eigenvalue weighted by Gasteiger charge is -2.49. The Morgan fingerprint density at radius 1 is 0.949 bits per heavy atom. The zero-order valence-corrected chi connectivity index (χ0v) is 49.3. The van der Waals surface area contributed by atoms with Crippen LogP contribution in [0.15, 0.2) is 64.4 Å². The lowest BCUT2D eigenvalue weighted by atomic mass is 9.77. The van der Waals surface area contributed by atoms with Crippen molar-refractivity contribution in [2.24, 2.45) is 17.8 Å². The van der Waals surface area contributed by atoms with Gasteiger partial charge in [0.2, 0.25) is 5.91 Å². The van der Waals surface area contributed by atoms with Crippen molar-refractivity contribution in [3.05, 3.63) is 65.3 Å². The Balaban J connectivity index is 1.08. The summed E-state index contributed by atoms with van der Waals surface area (Å²) in [5.41, 5.74) is -1.70. The van der Waals surface area contributed by atoms with Crippen LogP contribution in [-0.4, -0.2) is 178 Å². The zero-order valence-electron chi connectivity index (χ0n) is 47.7. The first-order valence-electron chi connectivity index (χ1n) is 27.6. The Morgan fingerprint density at radius 2 is 1.65 bits per heavy atom. The molecule has 19 heteroatoms. The molecule has 1 aromatic heterocycles. The number of methoxy groups -OCH3 is 1. The molecule has 0 aliphatic carbocycles. The number of ether oxygens (including phenoxy) is 6. The first kappa shape index (κ1) is 62.2.